The maximum Gasteiger partial charge on any atom is 0.142 e. The summed E-state index contributed by atoms with van der Waals surface area (Å²) in [6, 6.07) is 12.3. The molecule has 0 aliphatic heterocycles. The molecule has 4 heteroatoms. The summed E-state index contributed by atoms with van der Waals surface area (Å²) in [5, 5.41) is 3.59. The Morgan fingerprint density at radius 2 is 2.00 bits per heavy atom. The quantitative estimate of drug-likeness (QED) is 0.819. The number of ether oxygens (including phenoxy) is 1. The Bertz CT molecular complexity index is 574. The summed E-state index contributed by atoms with van der Waals surface area (Å²) in [5.74, 6) is 0.473. The zero-order valence-electron chi connectivity index (χ0n) is 11.3. The molecule has 20 heavy (non-hydrogen) atoms. The van der Waals surface area contributed by atoms with Crippen LogP contribution in [0, 0.1) is 5.82 Å². The predicted octanol–water partition coefficient (Wildman–Crippen LogP) is 4.88. The molecule has 2 rings (SSSR count). The van der Waals surface area contributed by atoms with E-state index in [0.29, 0.717) is 23.7 Å². The van der Waals surface area contributed by atoms with Crippen LogP contribution >= 0.6 is 11.6 Å². The Balaban J connectivity index is 2.06. The van der Waals surface area contributed by atoms with E-state index in [9.17, 15) is 4.39 Å². The summed E-state index contributed by atoms with van der Waals surface area (Å²) < 4.78 is 19.3. The molecule has 0 aliphatic rings. The summed E-state index contributed by atoms with van der Waals surface area (Å²) in [4.78, 5) is 0. The molecule has 0 aliphatic carbocycles. The normalized spacial score (nSPS) is 10.3. The van der Waals surface area contributed by atoms with Crippen LogP contribution in [0.1, 0.15) is 18.9 Å². The number of nitrogens with one attached hydrogen (secondary N) is 1. The Hall–Kier alpha value is -1.74. The van der Waals surface area contributed by atoms with Gasteiger partial charge in [0.15, 0.2) is 0 Å². The highest BCUT2D eigenvalue weighted by Crippen LogP contribution is 2.25. The van der Waals surface area contributed by atoms with Gasteiger partial charge in [-0.15, -0.1) is 0 Å². The fraction of sp³-hybridized carbons (Fsp3) is 0.250. The van der Waals surface area contributed by atoms with E-state index in [-0.39, 0.29) is 5.82 Å². The molecule has 0 heterocycles. The second-order valence-corrected chi connectivity index (χ2v) is 4.87. The molecule has 0 unspecified atom stereocenters. The van der Waals surface area contributed by atoms with Crippen LogP contribution in [0.5, 0.6) is 5.75 Å². The van der Waals surface area contributed by atoms with Crippen molar-refractivity contribution in [3.05, 3.63) is 58.9 Å². The first-order valence-electron chi connectivity index (χ1n) is 6.60. The third kappa shape index (κ3) is 3.87. The minimum Gasteiger partial charge on any atom is -0.491 e. The van der Waals surface area contributed by atoms with Crippen molar-refractivity contribution in [1.29, 1.82) is 0 Å². The fourth-order valence-electron chi connectivity index (χ4n) is 1.81. The van der Waals surface area contributed by atoms with Crippen molar-refractivity contribution >= 4 is 17.3 Å². The van der Waals surface area contributed by atoms with Crippen molar-refractivity contribution in [3.63, 3.8) is 0 Å². The summed E-state index contributed by atoms with van der Waals surface area (Å²) in [5.41, 5.74) is 1.43. The number of hydrogen-bond donors (Lipinski definition) is 1. The lowest BCUT2D eigenvalue weighted by Crippen LogP contribution is -2.04. The molecule has 0 radical (unpaired) electrons. The van der Waals surface area contributed by atoms with E-state index in [0.717, 1.165) is 17.9 Å². The van der Waals surface area contributed by atoms with E-state index in [2.05, 4.69) is 12.2 Å². The average Bonchev–Trinajstić information content (AvgIpc) is 2.45. The molecule has 1 N–H and O–H groups in total. The van der Waals surface area contributed by atoms with Gasteiger partial charge in [-0.25, -0.2) is 4.39 Å². The van der Waals surface area contributed by atoms with Gasteiger partial charge < -0.3 is 10.1 Å². The predicted molar refractivity (Wildman–Crippen MR) is 81.0 cm³/mol. The average molecular weight is 294 g/mol. The minimum absolute atomic E-state index is 0.308. The highest BCUT2D eigenvalue weighted by atomic mass is 35.5. The van der Waals surface area contributed by atoms with Crippen molar-refractivity contribution in [2.45, 2.75) is 19.9 Å². The zero-order valence-corrected chi connectivity index (χ0v) is 12.1. The topological polar surface area (TPSA) is 21.3 Å². The standard InChI is InChI=1S/C16H17ClFNO/c1-2-9-20-16-6-4-3-5-15(16)19-11-12-7-8-13(17)10-14(12)18/h3-8,10,19H,2,9,11H2,1H3. The number of halogens is 2. The van der Waals surface area contributed by atoms with Crippen molar-refractivity contribution in [2.24, 2.45) is 0 Å². The highest BCUT2D eigenvalue weighted by Gasteiger charge is 2.05. The van der Waals surface area contributed by atoms with Gasteiger partial charge in [-0.2, -0.15) is 0 Å². The van der Waals surface area contributed by atoms with Gasteiger partial charge in [0.2, 0.25) is 0 Å². The van der Waals surface area contributed by atoms with E-state index in [1.54, 1.807) is 12.1 Å². The molecule has 0 spiro atoms. The number of hydrogen-bond acceptors (Lipinski definition) is 2. The summed E-state index contributed by atoms with van der Waals surface area (Å²) in [7, 11) is 0. The molecule has 0 fully saturated rings. The van der Waals surface area contributed by atoms with Gasteiger partial charge in [0.25, 0.3) is 0 Å². The molecule has 0 aromatic heterocycles. The first-order chi connectivity index (χ1) is 9.70. The first kappa shape index (κ1) is 14.7. The summed E-state index contributed by atoms with van der Waals surface area (Å²) in [6.07, 6.45) is 0.945. The van der Waals surface area contributed by atoms with E-state index in [4.69, 9.17) is 16.3 Å². The van der Waals surface area contributed by atoms with Crippen molar-refractivity contribution < 1.29 is 9.13 Å². The van der Waals surface area contributed by atoms with E-state index >= 15 is 0 Å². The second-order valence-electron chi connectivity index (χ2n) is 4.43. The van der Waals surface area contributed by atoms with Gasteiger partial charge in [-0.1, -0.05) is 36.7 Å². The number of benzene rings is 2. The van der Waals surface area contributed by atoms with Crippen molar-refractivity contribution in [2.75, 3.05) is 11.9 Å². The SMILES string of the molecule is CCCOc1ccccc1NCc1ccc(Cl)cc1F. The Morgan fingerprint density at radius 3 is 2.75 bits per heavy atom. The number of para-hydroxylation sites is 2. The van der Waals surface area contributed by atoms with Crippen LogP contribution in [0.15, 0.2) is 42.5 Å². The maximum atomic E-state index is 13.7. The molecule has 2 aromatic rings. The van der Waals surface area contributed by atoms with Gasteiger partial charge in [0.05, 0.1) is 12.3 Å². The minimum atomic E-state index is -0.308. The Morgan fingerprint density at radius 1 is 1.20 bits per heavy atom. The molecular formula is C16H17ClFNO. The molecule has 0 saturated carbocycles. The monoisotopic (exact) mass is 293 g/mol. The van der Waals surface area contributed by atoms with Crippen LogP contribution in [0.3, 0.4) is 0 Å². The highest BCUT2D eigenvalue weighted by molar-refractivity contribution is 6.30. The van der Waals surface area contributed by atoms with E-state index in [1.165, 1.54) is 6.07 Å². The maximum absolute atomic E-state index is 13.7. The van der Waals surface area contributed by atoms with Crippen LogP contribution in [-0.2, 0) is 6.54 Å². The van der Waals surface area contributed by atoms with Gasteiger partial charge in [0.1, 0.15) is 11.6 Å². The largest absolute Gasteiger partial charge is 0.491 e. The van der Waals surface area contributed by atoms with Gasteiger partial charge in [0, 0.05) is 17.1 Å². The fourth-order valence-corrected chi connectivity index (χ4v) is 1.96. The number of anilines is 1. The summed E-state index contributed by atoms with van der Waals surface area (Å²) in [6.45, 7) is 3.10. The molecule has 106 valence electrons. The zero-order chi connectivity index (χ0) is 14.4. The lowest BCUT2D eigenvalue weighted by Gasteiger charge is -2.13. The van der Waals surface area contributed by atoms with E-state index < -0.39 is 0 Å². The van der Waals surface area contributed by atoms with Crippen LogP contribution in [0.25, 0.3) is 0 Å². The van der Waals surface area contributed by atoms with Crippen molar-refractivity contribution in [3.8, 4) is 5.75 Å². The van der Waals surface area contributed by atoms with E-state index in [1.807, 2.05) is 24.3 Å². The molecular weight excluding hydrogens is 277 g/mol. The molecule has 0 saturated heterocycles. The van der Waals surface area contributed by atoms with Crippen LogP contribution in [-0.4, -0.2) is 6.61 Å². The van der Waals surface area contributed by atoms with Crippen LogP contribution < -0.4 is 10.1 Å². The molecule has 0 amide bonds. The third-order valence-corrected chi connectivity index (χ3v) is 3.07. The molecule has 0 atom stereocenters. The smallest absolute Gasteiger partial charge is 0.142 e. The molecule has 2 aromatic carbocycles. The summed E-state index contributed by atoms with van der Waals surface area (Å²) >= 11 is 5.74. The Kier molecular flexibility index (Phi) is 5.24. The van der Waals surface area contributed by atoms with Crippen LogP contribution in [0.2, 0.25) is 5.02 Å². The third-order valence-electron chi connectivity index (χ3n) is 2.83. The second kappa shape index (κ2) is 7.15. The first-order valence-corrected chi connectivity index (χ1v) is 6.98. The number of rotatable bonds is 6. The van der Waals surface area contributed by atoms with Gasteiger partial charge in [-0.05, 0) is 30.7 Å². The molecule has 2 nitrogen and oxygen atoms in total. The Labute approximate surface area is 123 Å². The van der Waals surface area contributed by atoms with Gasteiger partial charge in [-0.3, -0.25) is 0 Å². The molecule has 0 bridgehead atoms. The lowest BCUT2D eigenvalue weighted by atomic mass is 10.2. The van der Waals surface area contributed by atoms with Crippen LogP contribution in [0.4, 0.5) is 10.1 Å². The van der Waals surface area contributed by atoms with Gasteiger partial charge >= 0.3 is 0 Å². The lowest BCUT2D eigenvalue weighted by molar-refractivity contribution is 0.319. The van der Waals surface area contributed by atoms with Crippen molar-refractivity contribution in [1.82, 2.24) is 0 Å².